The van der Waals surface area contributed by atoms with E-state index in [1.807, 2.05) is 25.1 Å². The van der Waals surface area contributed by atoms with Gasteiger partial charge in [-0.2, -0.15) is 0 Å². The number of hydrogen-bond donors (Lipinski definition) is 1. The lowest BCUT2D eigenvalue weighted by molar-refractivity contribution is 0.0944. The Hall–Kier alpha value is -2.49. The van der Waals surface area contributed by atoms with Crippen LogP contribution in [0.1, 0.15) is 60.8 Å². The maximum Gasteiger partial charge on any atom is 0.268 e. The molecular formula is C23H30N2O2. The molecule has 144 valence electrons. The summed E-state index contributed by atoms with van der Waals surface area (Å²) in [6.45, 7) is 5.67. The summed E-state index contributed by atoms with van der Waals surface area (Å²) in [5, 5.41) is 3.07. The van der Waals surface area contributed by atoms with E-state index >= 15 is 0 Å². The Morgan fingerprint density at radius 1 is 1.07 bits per heavy atom. The minimum absolute atomic E-state index is 0.00439. The molecule has 0 aliphatic heterocycles. The van der Waals surface area contributed by atoms with E-state index in [0.29, 0.717) is 5.69 Å². The minimum Gasteiger partial charge on any atom is -0.460 e. The van der Waals surface area contributed by atoms with Crippen molar-refractivity contribution in [1.29, 1.82) is 0 Å². The molecule has 3 aromatic rings. The lowest BCUT2D eigenvalue weighted by Crippen LogP contribution is -2.27. The number of carbonyl (C=O) groups is 1. The second kappa shape index (κ2) is 9.45. The van der Waals surface area contributed by atoms with Crippen molar-refractivity contribution < 1.29 is 9.21 Å². The highest BCUT2D eigenvalue weighted by Crippen LogP contribution is 2.24. The van der Waals surface area contributed by atoms with Gasteiger partial charge in [0, 0.05) is 25.2 Å². The first-order valence-electron chi connectivity index (χ1n) is 10.1. The van der Waals surface area contributed by atoms with Gasteiger partial charge in [0.1, 0.15) is 11.5 Å². The average Bonchev–Trinajstić information content (AvgIpc) is 3.19. The van der Waals surface area contributed by atoms with Crippen LogP contribution in [0, 0.1) is 6.92 Å². The minimum atomic E-state index is -0.00439. The van der Waals surface area contributed by atoms with Gasteiger partial charge < -0.3 is 14.3 Å². The van der Waals surface area contributed by atoms with Crippen LogP contribution in [0.25, 0.3) is 11.1 Å². The monoisotopic (exact) mass is 366 g/mol. The zero-order chi connectivity index (χ0) is 19.1. The Kier molecular flexibility index (Phi) is 6.74. The van der Waals surface area contributed by atoms with Gasteiger partial charge in [0.05, 0.1) is 5.52 Å². The number of aryl methyl sites for hydroxylation is 3. The van der Waals surface area contributed by atoms with Gasteiger partial charge in [0.25, 0.3) is 5.91 Å². The van der Waals surface area contributed by atoms with Gasteiger partial charge in [-0.1, -0.05) is 56.5 Å². The van der Waals surface area contributed by atoms with Crippen molar-refractivity contribution in [3.8, 4) is 0 Å². The van der Waals surface area contributed by atoms with Gasteiger partial charge >= 0.3 is 0 Å². The van der Waals surface area contributed by atoms with E-state index in [4.69, 9.17) is 4.42 Å². The summed E-state index contributed by atoms with van der Waals surface area (Å²) in [7, 11) is 0. The molecule has 1 amide bonds. The SMILES string of the molecule is CCCCCCNC(=O)c1cc2oc(C)cc2n1CCCc1ccccc1. The van der Waals surface area contributed by atoms with E-state index in [2.05, 4.69) is 41.1 Å². The fraction of sp³-hybridized carbons (Fsp3) is 0.435. The van der Waals surface area contributed by atoms with Crippen molar-refractivity contribution in [3.63, 3.8) is 0 Å². The lowest BCUT2D eigenvalue weighted by Gasteiger charge is -2.11. The van der Waals surface area contributed by atoms with Crippen LogP contribution in [-0.2, 0) is 13.0 Å². The van der Waals surface area contributed by atoms with E-state index in [-0.39, 0.29) is 5.91 Å². The normalized spacial score (nSPS) is 11.2. The maximum absolute atomic E-state index is 12.7. The first-order valence-corrected chi connectivity index (χ1v) is 10.1. The second-order valence-electron chi connectivity index (χ2n) is 7.19. The fourth-order valence-corrected chi connectivity index (χ4v) is 3.52. The number of carbonyl (C=O) groups excluding carboxylic acids is 1. The topological polar surface area (TPSA) is 47.2 Å². The molecule has 0 saturated heterocycles. The first kappa shape index (κ1) is 19.3. The van der Waals surface area contributed by atoms with Crippen LogP contribution < -0.4 is 5.32 Å². The number of benzene rings is 1. The Balaban J connectivity index is 1.67. The molecule has 3 rings (SSSR count). The number of hydrogen-bond acceptors (Lipinski definition) is 2. The van der Waals surface area contributed by atoms with Crippen LogP contribution in [0.3, 0.4) is 0 Å². The fourth-order valence-electron chi connectivity index (χ4n) is 3.52. The number of furan rings is 1. The van der Waals surface area contributed by atoms with Crippen LogP contribution in [0.4, 0.5) is 0 Å². The van der Waals surface area contributed by atoms with E-state index in [9.17, 15) is 4.79 Å². The van der Waals surface area contributed by atoms with Crippen LogP contribution >= 0.6 is 0 Å². The van der Waals surface area contributed by atoms with Crippen molar-refractivity contribution in [3.05, 3.63) is 59.5 Å². The summed E-state index contributed by atoms with van der Waals surface area (Å²) < 4.78 is 7.87. The van der Waals surface area contributed by atoms with Crippen molar-refractivity contribution in [2.45, 2.75) is 58.9 Å². The number of fused-ring (bicyclic) bond motifs is 1. The summed E-state index contributed by atoms with van der Waals surface area (Å²) in [6.07, 6.45) is 6.59. The molecule has 4 heteroatoms. The molecule has 2 aromatic heterocycles. The van der Waals surface area contributed by atoms with Crippen molar-refractivity contribution >= 4 is 17.0 Å². The highest BCUT2D eigenvalue weighted by molar-refractivity contribution is 5.97. The zero-order valence-corrected chi connectivity index (χ0v) is 16.5. The smallest absolute Gasteiger partial charge is 0.268 e. The average molecular weight is 367 g/mol. The molecule has 4 nitrogen and oxygen atoms in total. The van der Waals surface area contributed by atoms with Crippen LogP contribution in [0.2, 0.25) is 0 Å². The number of rotatable bonds is 10. The third-order valence-corrected chi connectivity index (χ3v) is 4.95. The van der Waals surface area contributed by atoms with Crippen molar-refractivity contribution in [1.82, 2.24) is 9.88 Å². The van der Waals surface area contributed by atoms with Crippen molar-refractivity contribution in [2.75, 3.05) is 6.54 Å². The van der Waals surface area contributed by atoms with Gasteiger partial charge in [-0.15, -0.1) is 0 Å². The molecule has 1 N–H and O–H groups in total. The summed E-state index contributed by atoms with van der Waals surface area (Å²) in [5.74, 6) is 0.874. The summed E-state index contributed by atoms with van der Waals surface area (Å²) in [6, 6.07) is 14.4. The molecular weight excluding hydrogens is 336 g/mol. The molecule has 2 heterocycles. The second-order valence-corrected chi connectivity index (χ2v) is 7.19. The van der Waals surface area contributed by atoms with Gasteiger partial charge in [-0.3, -0.25) is 4.79 Å². The number of amides is 1. The van der Waals surface area contributed by atoms with Gasteiger partial charge in [0.2, 0.25) is 0 Å². The predicted molar refractivity (Wildman–Crippen MR) is 110 cm³/mol. The maximum atomic E-state index is 12.7. The van der Waals surface area contributed by atoms with Crippen LogP contribution in [0.5, 0.6) is 0 Å². The van der Waals surface area contributed by atoms with E-state index < -0.39 is 0 Å². The summed E-state index contributed by atoms with van der Waals surface area (Å²) in [4.78, 5) is 12.7. The lowest BCUT2D eigenvalue weighted by atomic mass is 10.1. The summed E-state index contributed by atoms with van der Waals surface area (Å²) in [5.41, 5.74) is 3.83. The van der Waals surface area contributed by atoms with Crippen LogP contribution in [0.15, 0.2) is 46.9 Å². The highest BCUT2D eigenvalue weighted by atomic mass is 16.3. The third-order valence-electron chi connectivity index (χ3n) is 4.95. The molecule has 0 saturated carbocycles. The number of unbranched alkanes of at least 4 members (excludes halogenated alkanes) is 3. The highest BCUT2D eigenvalue weighted by Gasteiger charge is 2.18. The Bertz CT molecular complexity index is 861. The predicted octanol–water partition coefficient (Wildman–Crippen LogP) is 5.49. The Morgan fingerprint density at radius 2 is 1.89 bits per heavy atom. The summed E-state index contributed by atoms with van der Waals surface area (Å²) >= 11 is 0. The molecule has 27 heavy (non-hydrogen) atoms. The Morgan fingerprint density at radius 3 is 2.67 bits per heavy atom. The van der Waals surface area contributed by atoms with E-state index in [1.54, 1.807) is 0 Å². The molecule has 0 radical (unpaired) electrons. The number of aromatic nitrogens is 1. The van der Waals surface area contributed by atoms with Gasteiger partial charge in [-0.05, 0) is 31.7 Å². The molecule has 0 aliphatic carbocycles. The van der Waals surface area contributed by atoms with Gasteiger partial charge in [-0.25, -0.2) is 0 Å². The molecule has 0 spiro atoms. The molecule has 0 unspecified atom stereocenters. The van der Waals surface area contributed by atoms with Crippen LogP contribution in [-0.4, -0.2) is 17.0 Å². The molecule has 0 fully saturated rings. The molecule has 0 atom stereocenters. The van der Waals surface area contributed by atoms with E-state index in [1.165, 1.54) is 18.4 Å². The van der Waals surface area contributed by atoms with Gasteiger partial charge in [0.15, 0.2) is 5.58 Å². The standard InChI is InChI=1S/C23H30N2O2/c1-3-4-5-9-14-24-23(26)21-17-22-20(16-18(2)27-22)25(21)15-10-13-19-11-7-6-8-12-19/h6-8,11-12,16-17H,3-5,9-10,13-15H2,1-2H3,(H,24,26). The largest absolute Gasteiger partial charge is 0.460 e. The third kappa shape index (κ3) is 5.03. The zero-order valence-electron chi connectivity index (χ0n) is 16.5. The first-order chi connectivity index (χ1) is 13.2. The molecule has 1 aromatic carbocycles. The number of nitrogens with zero attached hydrogens (tertiary/aromatic N) is 1. The van der Waals surface area contributed by atoms with E-state index in [0.717, 1.165) is 55.6 Å². The van der Waals surface area contributed by atoms with Crippen molar-refractivity contribution in [2.24, 2.45) is 0 Å². The quantitative estimate of drug-likeness (QED) is 0.483. The molecule has 0 bridgehead atoms. The molecule has 0 aliphatic rings. The number of nitrogens with one attached hydrogen (secondary N) is 1. The Labute approximate surface area is 161 Å².